The van der Waals surface area contributed by atoms with Gasteiger partial charge in [-0.05, 0) is 37.0 Å². The van der Waals surface area contributed by atoms with Crippen LogP contribution in [0.2, 0.25) is 0 Å². The summed E-state index contributed by atoms with van der Waals surface area (Å²) in [6.45, 7) is 2.54. The lowest BCUT2D eigenvalue weighted by Crippen LogP contribution is -2.37. The fourth-order valence-corrected chi connectivity index (χ4v) is 3.26. The fraction of sp³-hybridized carbons (Fsp3) is 0.562. The second-order valence-electron chi connectivity index (χ2n) is 5.80. The highest BCUT2D eigenvalue weighted by Crippen LogP contribution is 2.21. The van der Waals surface area contributed by atoms with Gasteiger partial charge in [-0.25, -0.2) is 8.42 Å². The fourth-order valence-electron chi connectivity index (χ4n) is 2.30. The van der Waals surface area contributed by atoms with E-state index in [1.165, 1.54) is 0 Å². The number of halogens is 3. The second kappa shape index (κ2) is 9.07. The van der Waals surface area contributed by atoms with Crippen molar-refractivity contribution in [3.63, 3.8) is 0 Å². The van der Waals surface area contributed by atoms with Crippen LogP contribution < -0.4 is 10.6 Å². The molecular weight excluding hydrogens is 355 g/mol. The summed E-state index contributed by atoms with van der Waals surface area (Å²) in [6, 6.07) is 5.06. The Kier molecular flexibility index (Phi) is 7.72. The van der Waals surface area contributed by atoms with Crippen molar-refractivity contribution in [1.82, 2.24) is 10.6 Å². The number of benzene rings is 1. The third-order valence-corrected chi connectivity index (χ3v) is 4.76. The highest BCUT2D eigenvalue weighted by Gasteiger charge is 2.25. The molecule has 0 bridgehead atoms. The third-order valence-electron chi connectivity index (χ3n) is 3.50. The molecule has 0 aliphatic rings. The lowest BCUT2D eigenvalue weighted by atomic mass is 10.1. The summed E-state index contributed by atoms with van der Waals surface area (Å²) in [6.07, 6.45) is -3.28. The molecule has 0 atom stereocenters. The Morgan fingerprint density at radius 1 is 1.20 bits per heavy atom. The van der Waals surface area contributed by atoms with Gasteiger partial charge >= 0.3 is 6.18 Å². The Morgan fingerprint density at radius 2 is 1.88 bits per heavy atom. The van der Waals surface area contributed by atoms with E-state index in [0.29, 0.717) is 35.9 Å². The monoisotopic (exact) mass is 379 g/mol. The topological polar surface area (TPSA) is 70.6 Å². The van der Waals surface area contributed by atoms with Crippen LogP contribution in [0.4, 0.5) is 13.2 Å². The van der Waals surface area contributed by atoms with Gasteiger partial charge in [-0.1, -0.05) is 12.1 Å². The van der Waals surface area contributed by atoms with Gasteiger partial charge < -0.3 is 10.6 Å². The lowest BCUT2D eigenvalue weighted by Gasteiger charge is -2.13. The van der Waals surface area contributed by atoms with Crippen LogP contribution in [-0.4, -0.2) is 40.4 Å². The summed E-state index contributed by atoms with van der Waals surface area (Å²) in [5.74, 6) is 0.483. The quantitative estimate of drug-likeness (QED) is 0.434. The van der Waals surface area contributed by atoms with Crippen molar-refractivity contribution in [1.29, 1.82) is 0 Å². The number of hydrogen-bond acceptors (Lipinski definition) is 3. The number of nitrogens with zero attached hydrogens (tertiary/aromatic N) is 1. The van der Waals surface area contributed by atoms with E-state index < -0.39 is 22.4 Å². The Balaban J connectivity index is 2.46. The lowest BCUT2D eigenvalue weighted by molar-refractivity contribution is -0.135. The van der Waals surface area contributed by atoms with Crippen LogP contribution >= 0.6 is 0 Å². The van der Waals surface area contributed by atoms with Crippen molar-refractivity contribution >= 4 is 15.8 Å². The SMILES string of the molecule is CN=C(NCCCCC(F)(F)F)NCc1ccc(S(C)(=O)=O)c(C)c1. The van der Waals surface area contributed by atoms with Crippen LogP contribution in [0.1, 0.15) is 30.4 Å². The molecule has 1 aromatic carbocycles. The molecule has 0 saturated heterocycles. The molecule has 5 nitrogen and oxygen atoms in total. The number of hydrogen-bond donors (Lipinski definition) is 2. The summed E-state index contributed by atoms with van der Waals surface area (Å²) in [7, 11) is -1.68. The van der Waals surface area contributed by atoms with Crippen LogP contribution in [-0.2, 0) is 16.4 Å². The van der Waals surface area contributed by atoms with E-state index in [-0.39, 0.29) is 6.42 Å². The molecule has 142 valence electrons. The zero-order valence-electron chi connectivity index (χ0n) is 14.6. The Labute approximate surface area is 146 Å². The molecule has 1 rings (SSSR count). The molecule has 0 heterocycles. The van der Waals surface area contributed by atoms with Crippen molar-refractivity contribution in [2.45, 2.75) is 43.8 Å². The molecule has 2 N–H and O–H groups in total. The van der Waals surface area contributed by atoms with E-state index >= 15 is 0 Å². The maximum Gasteiger partial charge on any atom is 0.389 e. The van der Waals surface area contributed by atoms with Gasteiger partial charge in [0.2, 0.25) is 0 Å². The predicted octanol–water partition coefficient (Wildman–Crippen LogP) is 2.80. The van der Waals surface area contributed by atoms with Gasteiger partial charge in [-0.3, -0.25) is 4.99 Å². The van der Waals surface area contributed by atoms with E-state index in [2.05, 4.69) is 15.6 Å². The minimum absolute atomic E-state index is 0.0691. The first-order valence-corrected chi connectivity index (χ1v) is 9.73. The Bertz CT molecular complexity index is 701. The number of sulfone groups is 1. The van der Waals surface area contributed by atoms with E-state index in [1.807, 2.05) is 0 Å². The van der Waals surface area contributed by atoms with Gasteiger partial charge in [0.25, 0.3) is 0 Å². The smallest absolute Gasteiger partial charge is 0.356 e. The molecule has 0 aromatic heterocycles. The van der Waals surface area contributed by atoms with E-state index in [4.69, 9.17) is 0 Å². The maximum atomic E-state index is 12.1. The second-order valence-corrected chi connectivity index (χ2v) is 7.78. The van der Waals surface area contributed by atoms with Crippen LogP contribution in [0.25, 0.3) is 0 Å². The predicted molar refractivity (Wildman–Crippen MR) is 92.4 cm³/mol. The van der Waals surface area contributed by atoms with E-state index in [1.54, 1.807) is 32.2 Å². The van der Waals surface area contributed by atoms with Gasteiger partial charge in [-0.2, -0.15) is 13.2 Å². The number of rotatable bonds is 7. The first kappa shape index (κ1) is 21.3. The minimum Gasteiger partial charge on any atom is -0.356 e. The van der Waals surface area contributed by atoms with E-state index in [0.717, 1.165) is 11.8 Å². The average molecular weight is 379 g/mol. The van der Waals surface area contributed by atoms with E-state index in [9.17, 15) is 21.6 Å². The Hall–Kier alpha value is -1.77. The first-order valence-electron chi connectivity index (χ1n) is 7.84. The van der Waals surface area contributed by atoms with Gasteiger partial charge in [0, 0.05) is 32.8 Å². The molecule has 0 aliphatic heterocycles. The standard InChI is InChI=1S/C16H24F3N3O2S/c1-12-10-13(6-7-14(12)25(3,23)24)11-22-15(20-2)21-9-5-4-8-16(17,18)19/h6-7,10H,4-5,8-9,11H2,1-3H3,(H2,20,21,22). The number of nitrogens with one attached hydrogen (secondary N) is 2. The van der Waals surface area contributed by atoms with Crippen LogP contribution in [0, 0.1) is 6.92 Å². The van der Waals surface area contributed by atoms with Crippen LogP contribution in [0.5, 0.6) is 0 Å². The summed E-state index contributed by atoms with van der Waals surface area (Å²) in [4.78, 5) is 4.30. The van der Waals surface area contributed by atoms with Crippen molar-refractivity contribution < 1.29 is 21.6 Å². The normalized spacial score (nSPS) is 13.0. The Morgan fingerprint density at radius 3 is 2.40 bits per heavy atom. The molecule has 0 saturated carbocycles. The molecule has 0 amide bonds. The van der Waals surface area contributed by atoms with Crippen molar-refractivity contribution in [2.75, 3.05) is 19.8 Å². The zero-order chi connectivity index (χ0) is 19.1. The van der Waals surface area contributed by atoms with Crippen molar-refractivity contribution in [2.24, 2.45) is 4.99 Å². The highest BCUT2D eigenvalue weighted by atomic mass is 32.2. The average Bonchev–Trinajstić information content (AvgIpc) is 2.47. The van der Waals surface area contributed by atoms with Gasteiger partial charge in [0.05, 0.1) is 4.90 Å². The van der Waals surface area contributed by atoms with Gasteiger partial charge in [-0.15, -0.1) is 0 Å². The number of aryl methyl sites for hydroxylation is 1. The van der Waals surface area contributed by atoms with Crippen LogP contribution in [0.15, 0.2) is 28.1 Å². The number of alkyl halides is 3. The number of aliphatic imine (C=N–C) groups is 1. The summed E-state index contributed by atoms with van der Waals surface area (Å²) >= 11 is 0. The molecule has 0 aliphatic carbocycles. The van der Waals surface area contributed by atoms with Crippen molar-refractivity contribution in [3.05, 3.63) is 29.3 Å². The summed E-state index contributed by atoms with van der Waals surface area (Å²) in [5, 5.41) is 6.00. The molecule has 0 unspecified atom stereocenters. The molecule has 0 fully saturated rings. The summed E-state index contributed by atoms with van der Waals surface area (Å²) < 4.78 is 59.4. The van der Waals surface area contributed by atoms with Gasteiger partial charge in [0.15, 0.2) is 15.8 Å². The number of unbranched alkanes of at least 4 members (excludes halogenated alkanes) is 1. The molecule has 0 spiro atoms. The maximum absolute atomic E-state index is 12.1. The molecule has 1 aromatic rings. The van der Waals surface area contributed by atoms with Crippen molar-refractivity contribution in [3.8, 4) is 0 Å². The first-order chi connectivity index (χ1) is 11.5. The molecule has 25 heavy (non-hydrogen) atoms. The molecule has 0 radical (unpaired) electrons. The minimum atomic E-state index is -4.12. The summed E-state index contributed by atoms with van der Waals surface area (Å²) in [5.41, 5.74) is 1.54. The van der Waals surface area contributed by atoms with Gasteiger partial charge in [0.1, 0.15) is 0 Å². The third kappa shape index (κ3) is 8.24. The largest absolute Gasteiger partial charge is 0.389 e. The molecular formula is C16H24F3N3O2S. The van der Waals surface area contributed by atoms with Crippen LogP contribution in [0.3, 0.4) is 0 Å². The zero-order valence-corrected chi connectivity index (χ0v) is 15.4. The molecule has 9 heteroatoms. The highest BCUT2D eigenvalue weighted by molar-refractivity contribution is 7.90. The number of guanidine groups is 1.